The molecule has 0 aliphatic carbocycles. The second kappa shape index (κ2) is 3.71. The van der Waals surface area contributed by atoms with E-state index in [9.17, 15) is 0 Å². The molecule has 72 valence electrons. The molecule has 0 amide bonds. The van der Waals surface area contributed by atoms with E-state index in [2.05, 4.69) is 21.3 Å². The Bertz CT molecular complexity index is 421. The molecule has 0 atom stereocenters. The number of pyridine rings is 1. The molecular formula is C9H10N4S. The number of nitrogen functional groups attached to an aromatic ring is 1. The fraction of sp³-hybridized carbons (Fsp3) is 0.222. The number of hydrogen-bond acceptors (Lipinski definition) is 5. The van der Waals surface area contributed by atoms with Crippen molar-refractivity contribution in [2.45, 2.75) is 13.3 Å². The lowest BCUT2D eigenvalue weighted by Crippen LogP contribution is -1.88. The van der Waals surface area contributed by atoms with E-state index in [1.807, 2.05) is 12.1 Å². The molecule has 5 heteroatoms. The number of aryl methyl sites for hydroxylation is 1. The Hall–Kier alpha value is -1.49. The standard InChI is InChI=1S/C9H10N4S/c1-2-7-4-3-6(5-11-7)8-12-9(10)14-13-8/h3-5H,2H2,1H3,(H2,10,12,13). The highest BCUT2D eigenvalue weighted by Crippen LogP contribution is 2.18. The van der Waals surface area contributed by atoms with E-state index >= 15 is 0 Å². The van der Waals surface area contributed by atoms with E-state index < -0.39 is 0 Å². The third-order valence-electron chi connectivity index (χ3n) is 1.89. The van der Waals surface area contributed by atoms with Gasteiger partial charge >= 0.3 is 0 Å². The van der Waals surface area contributed by atoms with Gasteiger partial charge in [0.05, 0.1) is 0 Å². The Balaban J connectivity index is 2.33. The van der Waals surface area contributed by atoms with Crippen molar-refractivity contribution in [1.29, 1.82) is 0 Å². The number of hydrogen-bond donors (Lipinski definition) is 1. The van der Waals surface area contributed by atoms with Crippen LogP contribution in [0, 0.1) is 0 Å². The topological polar surface area (TPSA) is 64.7 Å². The summed E-state index contributed by atoms with van der Waals surface area (Å²) >= 11 is 1.20. The molecule has 0 saturated heterocycles. The molecule has 0 aromatic carbocycles. The Labute approximate surface area is 86.0 Å². The van der Waals surface area contributed by atoms with E-state index in [-0.39, 0.29) is 0 Å². The van der Waals surface area contributed by atoms with Crippen LogP contribution in [0.2, 0.25) is 0 Å². The molecule has 2 rings (SSSR count). The summed E-state index contributed by atoms with van der Waals surface area (Å²) in [6, 6.07) is 3.94. The minimum Gasteiger partial charge on any atom is -0.374 e. The summed E-state index contributed by atoms with van der Waals surface area (Å²) in [6.45, 7) is 2.07. The Kier molecular flexibility index (Phi) is 2.41. The molecule has 4 nitrogen and oxygen atoms in total. The lowest BCUT2D eigenvalue weighted by Gasteiger charge is -1.96. The second-order valence-corrected chi connectivity index (χ2v) is 3.63. The molecule has 2 N–H and O–H groups in total. The minimum absolute atomic E-state index is 0.486. The summed E-state index contributed by atoms with van der Waals surface area (Å²) in [5.74, 6) is 0.655. The van der Waals surface area contributed by atoms with Gasteiger partial charge in [0.2, 0.25) is 0 Å². The molecule has 0 aliphatic heterocycles. The van der Waals surface area contributed by atoms with Crippen molar-refractivity contribution in [2.24, 2.45) is 0 Å². The molecule has 2 heterocycles. The molecule has 0 bridgehead atoms. The van der Waals surface area contributed by atoms with Crippen LogP contribution in [0.5, 0.6) is 0 Å². The summed E-state index contributed by atoms with van der Waals surface area (Å²) < 4.78 is 4.11. The van der Waals surface area contributed by atoms with Gasteiger partial charge in [0.15, 0.2) is 11.0 Å². The van der Waals surface area contributed by atoms with Gasteiger partial charge in [-0.05, 0) is 18.6 Å². The van der Waals surface area contributed by atoms with Gasteiger partial charge in [0, 0.05) is 29.0 Å². The van der Waals surface area contributed by atoms with Crippen LogP contribution >= 0.6 is 11.5 Å². The SMILES string of the molecule is CCc1ccc(-c2nsc(N)n2)cn1. The first-order valence-corrected chi connectivity index (χ1v) is 5.11. The smallest absolute Gasteiger partial charge is 0.200 e. The Morgan fingerprint density at radius 1 is 1.43 bits per heavy atom. The van der Waals surface area contributed by atoms with Gasteiger partial charge in [-0.1, -0.05) is 6.92 Å². The lowest BCUT2D eigenvalue weighted by molar-refractivity contribution is 1.03. The molecule has 0 fully saturated rings. The number of nitrogens with two attached hydrogens (primary N) is 1. The van der Waals surface area contributed by atoms with E-state index in [1.54, 1.807) is 6.20 Å². The van der Waals surface area contributed by atoms with Crippen molar-refractivity contribution in [2.75, 3.05) is 5.73 Å². The van der Waals surface area contributed by atoms with E-state index in [0.717, 1.165) is 17.7 Å². The van der Waals surface area contributed by atoms with E-state index in [0.29, 0.717) is 11.0 Å². The van der Waals surface area contributed by atoms with Crippen molar-refractivity contribution in [1.82, 2.24) is 14.3 Å². The van der Waals surface area contributed by atoms with Crippen LogP contribution in [-0.4, -0.2) is 14.3 Å². The Morgan fingerprint density at radius 2 is 2.29 bits per heavy atom. The zero-order valence-electron chi connectivity index (χ0n) is 7.77. The monoisotopic (exact) mass is 206 g/mol. The maximum atomic E-state index is 5.50. The van der Waals surface area contributed by atoms with E-state index in [1.165, 1.54) is 11.5 Å². The molecule has 2 aromatic rings. The van der Waals surface area contributed by atoms with Crippen LogP contribution in [-0.2, 0) is 6.42 Å². The Morgan fingerprint density at radius 3 is 2.79 bits per heavy atom. The predicted molar refractivity (Wildman–Crippen MR) is 56.9 cm³/mol. The van der Waals surface area contributed by atoms with Gasteiger partial charge in [0.1, 0.15) is 0 Å². The normalized spacial score (nSPS) is 10.4. The molecule has 0 unspecified atom stereocenters. The second-order valence-electron chi connectivity index (χ2n) is 2.85. The summed E-state index contributed by atoms with van der Waals surface area (Å²) in [5.41, 5.74) is 7.48. The van der Waals surface area contributed by atoms with Gasteiger partial charge in [-0.3, -0.25) is 4.98 Å². The van der Waals surface area contributed by atoms with Gasteiger partial charge in [-0.25, -0.2) is 0 Å². The van der Waals surface area contributed by atoms with Crippen molar-refractivity contribution in [3.63, 3.8) is 0 Å². The minimum atomic E-state index is 0.486. The first-order valence-electron chi connectivity index (χ1n) is 4.34. The molecule has 0 saturated carbocycles. The van der Waals surface area contributed by atoms with Crippen LogP contribution in [0.4, 0.5) is 5.13 Å². The number of nitrogens with zero attached hydrogens (tertiary/aromatic N) is 3. The van der Waals surface area contributed by atoms with Crippen molar-refractivity contribution < 1.29 is 0 Å². The molecule has 0 radical (unpaired) electrons. The highest BCUT2D eigenvalue weighted by Gasteiger charge is 2.04. The third kappa shape index (κ3) is 1.72. The molecule has 2 aromatic heterocycles. The van der Waals surface area contributed by atoms with Crippen LogP contribution in [0.1, 0.15) is 12.6 Å². The molecule has 14 heavy (non-hydrogen) atoms. The highest BCUT2D eigenvalue weighted by molar-refractivity contribution is 7.09. The van der Waals surface area contributed by atoms with Crippen LogP contribution in [0.3, 0.4) is 0 Å². The largest absolute Gasteiger partial charge is 0.374 e. The average Bonchev–Trinajstić information content (AvgIpc) is 2.65. The first-order chi connectivity index (χ1) is 6.79. The van der Waals surface area contributed by atoms with Crippen molar-refractivity contribution >= 4 is 16.7 Å². The zero-order chi connectivity index (χ0) is 9.97. The first kappa shape index (κ1) is 9.08. The van der Waals surface area contributed by atoms with Crippen molar-refractivity contribution in [3.05, 3.63) is 24.0 Å². The van der Waals surface area contributed by atoms with Gasteiger partial charge in [-0.15, -0.1) is 0 Å². The third-order valence-corrected chi connectivity index (χ3v) is 2.43. The van der Waals surface area contributed by atoms with Gasteiger partial charge in [-0.2, -0.15) is 9.36 Å². The predicted octanol–water partition coefficient (Wildman–Crippen LogP) is 1.74. The summed E-state index contributed by atoms with van der Waals surface area (Å²) in [5, 5.41) is 0.486. The van der Waals surface area contributed by atoms with Crippen LogP contribution in [0.25, 0.3) is 11.4 Å². The summed E-state index contributed by atoms with van der Waals surface area (Å²) in [6.07, 6.45) is 2.72. The maximum absolute atomic E-state index is 5.50. The fourth-order valence-electron chi connectivity index (χ4n) is 1.12. The highest BCUT2D eigenvalue weighted by atomic mass is 32.1. The van der Waals surface area contributed by atoms with Crippen LogP contribution in [0.15, 0.2) is 18.3 Å². The number of aromatic nitrogens is 3. The van der Waals surface area contributed by atoms with Gasteiger partial charge < -0.3 is 5.73 Å². The summed E-state index contributed by atoms with van der Waals surface area (Å²) in [7, 11) is 0. The number of anilines is 1. The average molecular weight is 206 g/mol. The lowest BCUT2D eigenvalue weighted by atomic mass is 10.2. The van der Waals surface area contributed by atoms with Crippen molar-refractivity contribution in [3.8, 4) is 11.4 Å². The van der Waals surface area contributed by atoms with Gasteiger partial charge in [0.25, 0.3) is 0 Å². The summed E-state index contributed by atoms with van der Waals surface area (Å²) in [4.78, 5) is 8.35. The number of rotatable bonds is 2. The van der Waals surface area contributed by atoms with Crippen LogP contribution < -0.4 is 5.73 Å². The quantitative estimate of drug-likeness (QED) is 0.813. The maximum Gasteiger partial charge on any atom is 0.200 e. The molecule has 0 aliphatic rings. The molecule has 0 spiro atoms. The fourth-order valence-corrected chi connectivity index (χ4v) is 1.57. The zero-order valence-corrected chi connectivity index (χ0v) is 8.58. The van der Waals surface area contributed by atoms with E-state index in [4.69, 9.17) is 5.73 Å². The molecular weight excluding hydrogens is 196 g/mol.